The van der Waals surface area contributed by atoms with E-state index in [0.29, 0.717) is 6.54 Å². The van der Waals surface area contributed by atoms with E-state index in [-0.39, 0.29) is 23.8 Å². The maximum Gasteiger partial charge on any atom is 0.227 e. The van der Waals surface area contributed by atoms with Gasteiger partial charge in [-0.3, -0.25) is 4.79 Å². The molecule has 0 aromatic carbocycles. The van der Waals surface area contributed by atoms with Crippen molar-refractivity contribution in [2.45, 2.75) is 25.7 Å². The van der Waals surface area contributed by atoms with Crippen molar-refractivity contribution < 1.29 is 9.90 Å². The smallest absolute Gasteiger partial charge is 0.227 e. The molecule has 1 unspecified atom stereocenters. The summed E-state index contributed by atoms with van der Waals surface area (Å²) in [4.78, 5) is 11.8. The van der Waals surface area contributed by atoms with E-state index >= 15 is 0 Å². The second-order valence-corrected chi connectivity index (χ2v) is 5.43. The predicted molar refractivity (Wildman–Crippen MR) is 64.5 cm³/mol. The minimum Gasteiger partial charge on any atom is -0.396 e. The minimum absolute atomic E-state index is 0.00989. The Morgan fingerprint density at radius 3 is 2.94 bits per heavy atom. The van der Waals surface area contributed by atoms with E-state index in [9.17, 15) is 4.79 Å². The summed E-state index contributed by atoms with van der Waals surface area (Å²) in [5.74, 6) is -0.0427. The van der Waals surface area contributed by atoms with Crippen molar-refractivity contribution >= 4 is 17.2 Å². The standard InChI is InChI=1S/C12H17NO2S/c1-9(10-2-5-16-6-10)11(15)13-7-12(8-14)3-4-12/h2,5-6,9,14H,3-4,7-8H2,1H3,(H,13,15). The molecule has 16 heavy (non-hydrogen) atoms. The maximum atomic E-state index is 11.8. The first-order valence-electron chi connectivity index (χ1n) is 5.57. The first kappa shape index (κ1) is 11.6. The van der Waals surface area contributed by atoms with Crippen LogP contribution >= 0.6 is 11.3 Å². The Hall–Kier alpha value is -0.870. The van der Waals surface area contributed by atoms with Crippen molar-refractivity contribution in [3.8, 4) is 0 Å². The number of carbonyl (C=O) groups is 1. The van der Waals surface area contributed by atoms with Crippen LogP contribution in [-0.2, 0) is 4.79 Å². The van der Waals surface area contributed by atoms with Crippen molar-refractivity contribution in [3.63, 3.8) is 0 Å². The molecule has 1 amide bonds. The van der Waals surface area contributed by atoms with Gasteiger partial charge in [-0.1, -0.05) is 0 Å². The van der Waals surface area contributed by atoms with Gasteiger partial charge in [0.1, 0.15) is 0 Å². The quantitative estimate of drug-likeness (QED) is 0.822. The molecular weight excluding hydrogens is 222 g/mol. The SMILES string of the molecule is CC(C(=O)NCC1(CO)CC1)c1ccsc1. The normalized spacial score (nSPS) is 19.1. The monoisotopic (exact) mass is 239 g/mol. The van der Waals surface area contributed by atoms with Crippen molar-refractivity contribution in [2.75, 3.05) is 13.2 Å². The molecule has 1 heterocycles. The molecular formula is C12H17NO2S. The fourth-order valence-electron chi connectivity index (χ4n) is 1.67. The molecule has 3 nitrogen and oxygen atoms in total. The third kappa shape index (κ3) is 2.44. The summed E-state index contributed by atoms with van der Waals surface area (Å²) in [7, 11) is 0. The van der Waals surface area contributed by atoms with Gasteiger partial charge >= 0.3 is 0 Å². The number of nitrogens with one attached hydrogen (secondary N) is 1. The second kappa shape index (κ2) is 4.55. The summed E-state index contributed by atoms with van der Waals surface area (Å²) >= 11 is 1.61. The van der Waals surface area contributed by atoms with Crippen LogP contribution < -0.4 is 5.32 Å². The molecule has 0 bridgehead atoms. The van der Waals surface area contributed by atoms with E-state index in [1.807, 2.05) is 23.8 Å². The molecule has 2 rings (SSSR count). The summed E-state index contributed by atoms with van der Waals surface area (Å²) in [5, 5.41) is 16.1. The van der Waals surface area contributed by atoms with Crippen LogP contribution in [0.15, 0.2) is 16.8 Å². The third-order valence-electron chi connectivity index (χ3n) is 3.37. The fraction of sp³-hybridized carbons (Fsp3) is 0.583. The third-order valence-corrected chi connectivity index (χ3v) is 4.07. The number of thiophene rings is 1. The molecule has 1 aromatic heterocycles. The minimum atomic E-state index is -0.0965. The van der Waals surface area contributed by atoms with Gasteiger partial charge in [-0.2, -0.15) is 11.3 Å². The van der Waals surface area contributed by atoms with Gasteiger partial charge in [-0.25, -0.2) is 0 Å². The highest BCUT2D eigenvalue weighted by molar-refractivity contribution is 7.08. The first-order valence-corrected chi connectivity index (χ1v) is 6.52. The average molecular weight is 239 g/mol. The predicted octanol–water partition coefficient (Wildman–Crippen LogP) is 1.74. The Bertz CT molecular complexity index is 357. The topological polar surface area (TPSA) is 49.3 Å². The molecule has 1 aliphatic carbocycles. The molecule has 1 atom stereocenters. The van der Waals surface area contributed by atoms with Gasteiger partial charge in [0.2, 0.25) is 5.91 Å². The number of aliphatic hydroxyl groups excluding tert-OH is 1. The lowest BCUT2D eigenvalue weighted by Gasteiger charge is -2.15. The maximum absolute atomic E-state index is 11.8. The summed E-state index contributed by atoms with van der Waals surface area (Å²) in [6.07, 6.45) is 2.05. The Morgan fingerprint density at radius 1 is 1.69 bits per heavy atom. The average Bonchev–Trinajstić information content (AvgIpc) is 2.88. The lowest BCUT2D eigenvalue weighted by molar-refractivity contribution is -0.122. The molecule has 1 aromatic rings. The van der Waals surface area contributed by atoms with E-state index in [1.54, 1.807) is 11.3 Å². The molecule has 1 aliphatic rings. The first-order chi connectivity index (χ1) is 7.67. The van der Waals surface area contributed by atoms with Gasteiger partial charge in [0, 0.05) is 12.0 Å². The van der Waals surface area contributed by atoms with E-state index in [0.717, 1.165) is 18.4 Å². The molecule has 2 N–H and O–H groups in total. The van der Waals surface area contributed by atoms with E-state index in [2.05, 4.69) is 5.32 Å². The van der Waals surface area contributed by atoms with Gasteiger partial charge in [0.25, 0.3) is 0 Å². The highest BCUT2D eigenvalue weighted by atomic mass is 32.1. The zero-order valence-electron chi connectivity index (χ0n) is 9.40. The van der Waals surface area contributed by atoms with E-state index in [1.165, 1.54) is 0 Å². The Labute approximate surface area is 99.5 Å². The van der Waals surface area contributed by atoms with Gasteiger partial charge in [-0.05, 0) is 42.2 Å². The van der Waals surface area contributed by atoms with E-state index < -0.39 is 0 Å². The highest BCUT2D eigenvalue weighted by Gasteiger charge is 2.42. The van der Waals surface area contributed by atoms with Crippen LogP contribution in [-0.4, -0.2) is 24.2 Å². The van der Waals surface area contributed by atoms with Crippen molar-refractivity contribution in [1.82, 2.24) is 5.32 Å². The van der Waals surface area contributed by atoms with Crippen LogP contribution in [0.25, 0.3) is 0 Å². The summed E-state index contributed by atoms with van der Waals surface area (Å²) in [6.45, 7) is 2.70. The number of amides is 1. The molecule has 4 heteroatoms. The lowest BCUT2D eigenvalue weighted by Crippen LogP contribution is -2.34. The molecule has 0 radical (unpaired) electrons. The largest absolute Gasteiger partial charge is 0.396 e. The summed E-state index contributed by atoms with van der Waals surface area (Å²) in [6, 6.07) is 1.98. The second-order valence-electron chi connectivity index (χ2n) is 4.65. The Balaban J connectivity index is 1.84. The van der Waals surface area contributed by atoms with Gasteiger partial charge in [-0.15, -0.1) is 0 Å². The van der Waals surface area contributed by atoms with Crippen molar-refractivity contribution in [2.24, 2.45) is 5.41 Å². The summed E-state index contributed by atoms with van der Waals surface area (Å²) in [5.41, 5.74) is 1.06. The number of hydrogen-bond donors (Lipinski definition) is 2. The number of aliphatic hydroxyl groups is 1. The van der Waals surface area contributed by atoms with Crippen LogP contribution in [0.4, 0.5) is 0 Å². The van der Waals surface area contributed by atoms with Crippen LogP contribution in [0.3, 0.4) is 0 Å². The molecule has 0 saturated heterocycles. The van der Waals surface area contributed by atoms with Gasteiger partial charge in [0.05, 0.1) is 12.5 Å². The summed E-state index contributed by atoms with van der Waals surface area (Å²) < 4.78 is 0. The van der Waals surface area contributed by atoms with Crippen LogP contribution in [0, 0.1) is 5.41 Å². The molecule has 1 fully saturated rings. The highest BCUT2D eigenvalue weighted by Crippen LogP contribution is 2.44. The van der Waals surface area contributed by atoms with Crippen molar-refractivity contribution in [1.29, 1.82) is 0 Å². The molecule has 88 valence electrons. The van der Waals surface area contributed by atoms with Crippen molar-refractivity contribution in [3.05, 3.63) is 22.4 Å². The Kier molecular flexibility index (Phi) is 3.30. The number of carbonyl (C=O) groups excluding carboxylic acids is 1. The number of rotatable bonds is 5. The zero-order chi connectivity index (χ0) is 11.6. The zero-order valence-corrected chi connectivity index (χ0v) is 10.2. The van der Waals surface area contributed by atoms with Gasteiger partial charge < -0.3 is 10.4 Å². The van der Waals surface area contributed by atoms with Crippen LogP contribution in [0.5, 0.6) is 0 Å². The molecule has 0 aliphatic heterocycles. The lowest BCUT2D eigenvalue weighted by atomic mass is 10.0. The van der Waals surface area contributed by atoms with Crippen LogP contribution in [0.1, 0.15) is 31.2 Å². The number of hydrogen-bond acceptors (Lipinski definition) is 3. The Morgan fingerprint density at radius 2 is 2.44 bits per heavy atom. The fourth-order valence-corrected chi connectivity index (χ4v) is 2.42. The molecule has 1 saturated carbocycles. The van der Waals surface area contributed by atoms with E-state index in [4.69, 9.17) is 5.11 Å². The van der Waals surface area contributed by atoms with Crippen LogP contribution in [0.2, 0.25) is 0 Å². The van der Waals surface area contributed by atoms with Gasteiger partial charge in [0.15, 0.2) is 0 Å². The molecule has 0 spiro atoms.